The number of piperidine rings is 1. The molecule has 4 nitrogen and oxygen atoms in total. The molecule has 4 rings (SSSR count). The summed E-state index contributed by atoms with van der Waals surface area (Å²) in [7, 11) is 0. The van der Waals surface area contributed by atoms with Crippen molar-refractivity contribution in [2.75, 3.05) is 31.1 Å². The van der Waals surface area contributed by atoms with E-state index in [0.717, 1.165) is 25.5 Å². The third-order valence-electron chi connectivity index (χ3n) is 5.28. The van der Waals surface area contributed by atoms with E-state index < -0.39 is 0 Å². The van der Waals surface area contributed by atoms with Crippen molar-refractivity contribution in [1.82, 2.24) is 14.9 Å². The molecule has 0 aliphatic carbocycles. The van der Waals surface area contributed by atoms with Gasteiger partial charge in [0, 0.05) is 18.0 Å². The van der Waals surface area contributed by atoms with Crippen LogP contribution < -0.4 is 4.90 Å². The van der Waals surface area contributed by atoms with E-state index >= 15 is 0 Å². The summed E-state index contributed by atoms with van der Waals surface area (Å²) in [6, 6.07) is 0. The molecular weight excluding hydrogens is 304 g/mol. The third kappa shape index (κ3) is 2.96. The Bertz CT molecular complexity index is 697. The normalized spacial score (nSPS) is 19.8. The smallest absolute Gasteiger partial charge is 0.146 e. The maximum Gasteiger partial charge on any atom is 0.146 e. The highest BCUT2D eigenvalue weighted by molar-refractivity contribution is 7.18. The van der Waals surface area contributed by atoms with E-state index in [0.29, 0.717) is 0 Å². The number of rotatable bonds is 3. The molecule has 2 aliphatic heterocycles. The SMILES string of the molecule is Cc1sc2nc(CN3CCCC3)nc(N3CCCCC3)c2c1C. The van der Waals surface area contributed by atoms with Crippen molar-refractivity contribution in [2.24, 2.45) is 0 Å². The second-order valence-corrected chi connectivity index (χ2v) is 8.16. The van der Waals surface area contributed by atoms with Gasteiger partial charge in [0.15, 0.2) is 0 Å². The monoisotopic (exact) mass is 330 g/mol. The Labute approximate surface area is 142 Å². The molecule has 2 fully saturated rings. The van der Waals surface area contributed by atoms with E-state index in [9.17, 15) is 0 Å². The van der Waals surface area contributed by atoms with E-state index in [1.807, 2.05) is 11.3 Å². The molecule has 23 heavy (non-hydrogen) atoms. The number of fused-ring (bicyclic) bond motifs is 1. The molecular formula is C18H26N4S. The summed E-state index contributed by atoms with van der Waals surface area (Å²) in [6.45, 7) is 10.0. The van der Waals surface area contributed by atoms with Crippen molar-refractivity contribution >= 4 is 27.4 Å². The quantitative estimate of drug-likeness (QED) is 0.854. The Hall–Kier alpha value is -1.20. The summed E-state index contributed by atoms with van der Waals surface area (Å²) < 4.78 is 0. The van der Waals surface area contributed by atoms with Gasteiger partial charge in [-0.2, -0.15) is 0 Å². The van der Waals surface area contributed by atoms with Crippen LogP contribution in [0.1, 0.15) is 48.4 Å². The fourth-order valence-corrected chi connectivity index (χ4v) is 4.86. The number of hydrogen-bond acceptors (Lipinski definition) is 5. The van der Waals surface area contributed by atoms with Gasteiger partial charge in [-0.15, -0.1) is 11.3 Å². The van der Waals surface area contributed by atoms with Crippen LogP contribution in [0.2, 0.25) is 0 Å². The van der Waals surface area contributed by atoms with Crippen molar-refractivity contribution in [3.63, 3.8) is 0 Å². The molecule has 5 heteroatoms. The molecule has 2 aromatic heterocycles. The zero-order valence-electron chi connectivity index (χ0n) is 14.3. The zero-order valence-corrected chi connectivity index (χ0v) is 15.1. The van der Waals surface area contributed by atoms with Crippen molar-refractivity contribution in [3.8, 4) is 0 Å². The van der Waals surface area contributed by atoms with Crippen LogP contribution in [-0.2, 0) is 6.54 Å². The van der Waals surface area contributed by atoms with Crippen molar-refractivity contribution < 1.29 is 0 Å². The summed E-state index contributed by atoms with van der Waals surface area (Å²) in [5.41, 5.74) is 1.37. The largest absolute Gasteiger partial charge is 0.356 e. The Morgan fingerprint density at radius 2 is 1.61 bits per heavy atom. The van der Waals surface area contributed by atoms with Gasteiger partial charge >= 0.3 is 0 Å². The van der Waals surface area contributed by atoms with Gasteiger partial charge in [0.2, 0.25) is 0 Å². The summed E-state index contributed by atoms with van der Waals surface area (Å²) in [5, 5.41) is 1.31. The molecule has 0 unspecified atom stereocenters. The summed E-state index contributed by atoms with van der Waals surface area (Å²) in [6.07, 6.45) is 6.56. The lowest BCUT2D eigenvalue weighted by molar-refractivity contribution is 0.323. The van der Waals surface area contributed by atoms with E-state index in [2.05, 4.69) is 23.6 Å². The van der Waals surface area contributed by atoms with Crippen molar-refractivity contribution in [3.05, 3.63) is 16.3 Å². The van der Waals surface area contributed by atoms with Crippen molar-refractivity contribution in [2.45, 2.75) is 52.5 Å². The molecule has 0 saturated carbocycles. The molecule has 0 amide bonds. The summed E-state index contributed by atoms with van der Waals surface area (Å²) in [5.74, 6) is 2.21. The number of anilines is 1. The van der Waals surface area contributed by atoms with Crippen molar-refractivity contribution in [1.29, 1.82) is 0 Å². The number of aromatic nitrogens is 2. The Balaban J connectivity index is 1.76. The first-order valence-electron chi connectivity index (χ1n) is 8.96. The van der Waals surface area contributed by atoms with Gasteiger partial charge in [-0.25, -0.2) is 9.97 Å². The minimum absolute atomic E-state index is 0.909. The molecule has 4 heterocycles. The average molecular weight is 331 g/mol. The lowest BCUT2D eigenvalue weighted by atomic mass is 10.1. The van der Waals surface area contributed by atoms with Gasteiger partial charge in [-0.1, -0.05) is 0 Å². The third-order valence-corrected chi connectivity index (χ3v) is 6.38. The fourth-order valence-electron chi connectivity index (χ4n) is 3.82. The zero-order chi connectivity index (χ0) is 15.8. The van der Waals surface area contributed by atoms with Crippen LogP contribution in [0.15, 0.2) is 0 Å². The van der Waals surface area contributed by atoms with Gasteiger partial charge in [-0.3, -0.25) is 4.90 Å². The van der Waals surface area contributed by atoms with E-state index in [1.54, 1.807) is 0 Å². The lowest BCUT2D eigenvalue weighted by Gasteiger charge is -2.29. The average Bonchev–Trinajstić information content (AvgIpc) is 3.16. The van der Waals surface area contributed by atoms with Crippen LogP contribution >= 0.6 is 11.3 Å². The van der Waals surface area contributed by atoms with Gasteiger partial charge < -0.3 is 4.90 Å². The maximum atomic E-state index is 5.04. The molecule has 2 aromatic rings. The van der Waals surface area contributed by atoms with Gasteiger partial charge in [0.25, 0.3) is 0 Å². The molecule has 0 N–H and O–H groups in total. The van der Waals surface area contributed by atoms with Crippen LogP contribution in [0.5, 0.6) is 0 Å². The second-order valence-electron chi connectivity index (χ2n) is 6.96. The fraction of sp³-hybridized carbons (Fsp3) is 0.667. The van der Waals surface area contributed by atoms with E-state index in [-0.39, 0.29) is 0 Å². The highest BCUT2D eigenvalue weighted by Crippen LogP contribution is 2.36. The minimum atomic E-state index is 0.909. The number of nitrogens with zero attached hydrogens (tertiary/aromatic N) is 4. The number of likely N-dealkylation sites (tertiary alicyclic amines) is 1. The first-order valence-corrected chi connectivity index (χ1v) is 9.78. The molecule has 0 spiro atoms. The molecule has 0 radical (unpaired) electrons. The topological polar surface area (TPSA) is 32.3 Å². The van der Waals surface area contributed by atoms with Gasteiger partial charge in [0.05, 0.1) is 11.9 Å². The van der Waals surface area contributed by atoms with E-state index in [1.165, 1.54) is 71.7 Å². The number of aryl methyl sites for hydroxylation is 2. The predicted molar refractivity (Wildman–Crippen MR) is 97.5 cm³/mol. The summed E-state index contributed by atoms with van der Waals surface area (Å²) in [4.78, 5) is 17.5. The molecule has 0 bridgehead atoms. The number of thiophene rings is 1. The second kappa shape index (κ2) is 6.36. The lowest BCUT2D eigenvalue weighted by Crippen LogP contribution is -2.31. The maximum absolute atomic E-state index is 5.04. The van der Waals surface area contributed by atoms with Gasteiger partial charge in [-0.05, 0) is 64.6 Å². The first-order chi connectivity index (χ1) is 11.2. The first kappa shape index (κ1) is 15.3. The van der Waals surface area contributed by atoms with Gasteiger partial charge in [0.1, 0.15) is 16.5 Å². The minimum Gasteiger partial charge on any atom is -0.356 e. The Morgan fingerprint density at radius 3 is 2.35 bits per heavy atom. The molecule has 124 valence electrons. The predicted octanol–water partition coefficient (Wildman–Crippen LogP) is 3.89. The standard InChI is InChI=1S/C18H26N4S/c1-13-14(2)23-18-16(13)17(22-10-4-3-5-11-22)19-15(20-18)12-21-8-6-7-9-21/h3-12H2,1-2H3. The van der Waals surface area contributed by atoms with Crippen LogP contribution in [-0.4, -0.2) is 41.0 Å². The van der Waals surface area contributed by atoms with Crippen LogP contribution in [0.25, 0.3) is 10.2 Å². The highest BCUT2D eigenvalue weighted by atomic mass is 32.1. The van der Waals surface area contributed by atoms with Crippen LogP contribution in [0.4, 0.5) is 5.82 Å². The molecule has 2 saturated heterocycles. The summed E-state index contributed by atoms with van der Waals surface area (Å²) >= 11 is 1.83. The highest BCUT2D eigenvalue weighted by Gasteiger charge is 2.22. The molecule has 2 aliphatic rings. The Morgan fingerprint density at radius 1 is 0.913 bits per heavy atom. The van der Waals surface area contributed by atoms with E-state index in [4.69, 9.17) is 9.97 Å². The number of hydrogen-bond donors (Lipinski definition) is 0. The molecule has 0 aromatic carbocycles. The van der Waals surface area contributed by atoms with Crippen LogP contribution in [0, 0.1) is 13.8 Å². The Kier molecular flexibility index (Phi) is 4.24. The van der Waals surface area contributed by atoms with Crippen LogP contribution in [0.3, 0.4) is 0 Å². The molecule has 0 atom stereocenters.